The van der Waals surface area contributed by atoms with Crippen LogP contribution in [-0.2, 0) is 23.7 Å². The monoisotopic (exact) mass is 571 g/mol. The third kappa shape index (κ3) is 3.92. The summed E-state index contributed by atoms with van der Waals surface area (Å²) in [4.78, 5) is 38.9. The predicted molar refractivity (Wildman–Crippen MR) is 122 cm³/mol. The number of phenols is 1. The molecule has 2 aliphatic heterocycles. The Hall–Kier alpha value is -2.16. The van der Waals surface area contributed by atoms with Gasteiger partial charge in [0.15, 0.2) is 11.5 Å². The topological polar surface area (TPSA) is 132 Å². The van der Waals surface area contributed by atoms with Crippen molar-refractivity contribution in [3.05, 3.63) is 32.3 Å². The molecular formula is C21H23BINO9. The van der Waals surface area contributed by atoms with E-state index in [0.717, 1.165) is 7.11 Å². The molecule has 2 saturated heterocycles. The highest BCUT2D eigenvalue weighted by atomic mass is 127. The molecule has 0 unspecified atom stereocenters. The van der Waals surface area contributed by atoms with Crippen LogP contribution >= 0.6 is 22.6 Å². The number of fused-ring (bicyclic) bond motifs is 3. The first kappa shape index (κ1) is 24.0. The predicted octanol–water partition coefficient (Wildman–Crippen LogP) is 1.82. The van der Waals surface area contributed by atoms with E-state index in [4.69, 9.17) is 14.1 Å². The van der Waals surface area contributed by atoms with Crippen molar-refractivity contribution in [1.29, 1.82) is 0 Å². The average Bonchev–Trinajstić information content (AvgIpc) is 3.04. The second-order valence-corrected chi connectivity index (χ2v) is 9.35. The van der Waals surface area contributed by atoms with E-state index in [1.165, 1.54) is 14.2 Å². The fraction of sp³-hybridized carbons (Fsp3) is 0.476. The molecule has 4 rings (SSSR count). The number of benzene rings is 1. The van der Waals surface area contributed by atoms with Gasteiger partial charge >= 0.3 is 13.2 Å². The molecule has 0 aromatic heterocycles. The number of carbonyl (C=O) groups excluding carboxylic acids is 3. The molecule has 0 bridgehead atoms. The maximum atomic E-state index is 13.2. The smallest absolute Gasteiger partial charge is 0.487 e. The molecule has 0 saturated carbocycles. The van der Waals surface area contributed by atoms with Crippen LogP contribution in [0, 0.1) is 21.3 Å². The van der Waals surface area contributed by atoms with E-state index < -0.39 is 48.9 Å². The fourth-order valence-electron chi connectivity index (χ4n) is 5.14. The number of ether oxygens (including phenoxy) is 3. The highest BCUT2D eigenvalue weighted by molar-refractivity contribution is 14.1. The molecule has 1 aromatic rings. The van der Waals surface area contributed by atoms with Crippen molar-refractivity contribution in [1.82, 2.24) is 4.90 Å². The minimum atomic E-state index is -1.33. The normalized spacial score (nSPS) is 26.9. The van der Waals surface area contributed by atoms with Crippen LogP contribution in [0.4, 0.5) is 4.79 Å². The van der Waals surface area contributed by atoms with E-state index in [1.807, 2.05) is 22.6 Å². The number of phenolic OH excluding ortho intramolecular Hbond substituents is 1. The molecule has 10 nitrogen and oxygen atoms in total. The van der Waals surface area contributed by atoms with Crippen molar-refractivity contribution < 1.29 is 43.4 Å². The highest BCUT2D eigenvalue weighted by Gasteiger charge is 2.59. The van der Waals surface area contributed by atoms with Crippen molar-refractivity contribution in [3.8, 4) is 11.5 Å². The van der Waals surface area contributed by atoms with Gasteiger partial charge in [-0.05, 0) is 70.1 Å². The number of methoxy groups -OCH3 is 3. The molecule has 12 heteroatoms. The van der Waals surface area contributed by atoms with Crippen molar-refractivity contribution in [3.63, 3.8) is 0 Å². The molecule has 2 N–H and O–H groups in total. The largest absolute Gasteiger partial charge is 0.504 e. The van der Waals surface area contributed by atoms with Gasteiger partial charge in [0.25, 0.3) is 0 Å². The zero-order valence-electron chi connectivity index (χ0n) is 18.2. The van der Waals surface area contributed by atoms with Crippen molar-refractivity contribution in [2.24, 2.45) is 17.8 Å². The lowest BCUT2D eigenvalue weighted by atomic mass is 9.55. The lowest BCUT2D eigenvalue weighted by Crippen LogP contribution is -2.45. The Morgan fingerprint density at radius 2 is 1.97 bits per heavy atom. The fourth-order valence-corrected chi connectivity index (χ4v) is 5.76. The van der Waals surface area contributed by atoms with Gasteiger partial charge in [-0.1, -0.05) is 0 Å². The molecule has 3 amide bonds. The molecule has 1 aliphatic carbocycles. The number of hydrogen-bond acceptors (Lipinski definition) is 9. The summed E-state index contributed by atoms with van der Waals surface area (Å²) in [5.74, 6) is -3.14. The van der Waals surface area contributed by atoms with Gasteiger partial charge in [0, 0.05) is 7.11 Å². The van der Waals surface area contributed by atoms with Crippen LogP contribution in [0.25, 0.3) is 0 Å². The maximum absolute atomic E-state index is 13.2. The van der Waals surface area contributed by atoms with Crippen molar-refractivity contribution in [2.75, 3.05) is 27.9 Å². The van der Waals surface area contributed by atoms with Gasteiger partial charge in [0.1, 0.15) is 0 Å². The minimum Gasteiger partial charge on any atom is -0.504 e. The molecule has 2 heterocycles. The Morgan fingerprint density at radius 3 is 2.61 bits per heavy atom. The van der Waals surface area contributed by atoms with Crippen LogP contribution in [0.5, 0.6) is 11.5 Å². The first-order valence-electron chi connectivity index (χ1n) is 10.3. The van der Waals surface area contributed by atoms with E-state index in [1.54, 1.807) is 12.1 Å². The number of aromatic hydroxyl groups is 1. The first-order chi connectivity index (χ1) is 15.7. The Balaban J connectivity index is 1.76. The summed E-state index contributed by atoms with van der Waals surface area (Å²) in [5.41, 5.74) is 1.84. The quantitative estimate of drug-likeness (QED) is 0.316. The standard InChI is InChI=1S/C21H23BINO9/c1-30-8-10-4-12-16(20(27)24(19(12)26)21(28)32-3)11-7-14(33-22(29)17(10)11)9-5-13(23)18(25)15(6-9)31-2/h5-6,11-12,14,16,25,29H,4,7-8H2,1-3H3/t11-,12-,14-,16+/m0/s1. The summed E-state index contributed by atoms with van der Waals surface area (Å²) in [7, 11) is 2.71. The van der Waals surface area contributed by atoms with Gasteiger partial charge in [-0.3, -0.25) is 9.59 Å². The number of amides is 3. The second-order valence-electron chi connectivity index (χ2n) is 8.18. The van der Waals surface area contributed by atoms with Gasteiger partial charge in [0.2, 0.25) is 11.8 Å². The molecule has 3 aliphatic rings. The zero-order chi connectivity index (χ0) is 24.0. The molecule has 1 aromatic carbocycles. The van der Waals surface area contributed by atoms with E-state index in [9.17, 15) is 24.5 Å². The summed E-state index contributed by atoms with van der Waals surface area (Å²) in [6, 6.07) is 3.32. The highest BCUT2D eigenvalue weighted by Crippen LogP contribution is 2.52. The number of halogens is 1. The molecular weight excluding hydrogens is 548 g/mol. The molecule has 33 heavy (non-hydrogen) atoms. The SMILES string of the molecule is COCC1=C2B(O)O[C@H](c3cc(I)c(O)c(OC)c3)C[C@H]2[C@H]2C(=O)N(C(=O)OC)C(=O)[C@H]2C1. The molecule has 4 atom stereocenters. The third-order valence-electron chi connectivity index (χ3n) is 6.53. The van der Waals surface area contributed by atoms with Gasteiger partial charge in [-0.2, -0.15) is 4.90 Å². The van der Waals surface area contributed by atoms with Crippen LogP contribution in [0.15, 0.2) is 23.2 Å². The van der Waals surface area contributed by atoms with E-state index in [2.05, 4.69) is 4.74 Å². The van der Waals surface area contributed by atoms with E-state index in [0.29, 0.717) is 25.1 Å². The minimum absolute atomic E-state index is 0.0100. The number of hydrogen-bond donors (Lipinski definition) is 2. The average molecular weight is 571 g/mol. The van der Waals surface area contributed by atoms with Gasteiger partial charge in [0.05, 0.1) is 42.3 Å². The Morgan fingerprint density at radius 1 is 1.24 bits per heavy atom. The summed E-state index contributed by atoms with van der Waals surface area (Å²) in [6.45, 7) is 0.158. The number of allylic oxidation sites excluding steroid dienone is 1. The van der Waals surface area contributed by atoms with Crippen LogP contribution < -0.4 is 4.74 Å². The number of likely N-dealkylation sites (tertiary alicyclic amines) is 1. The zero-order valence-corrected chi connectivity index (χ0v) is 20.4. The Bertz CT molecular complexity index is 1040. The van der Waals surface area contributed by atoms with Gasteiger partial charge in [-0.25, -0.2) is 4.79 Å². The number of rotatable bonds is 4. The van der Waals surface area contributed by atoms with Crippen LogP contribution in [0.3, 0.4) is 0 Å². The summed E-state index contributed by atoms with van der Waals surface area (Å²) in [6.07, 6.45) is -1.21. The van der Waals surface area contributed by atoms with Crippen molar-refractivity contribution >= 4 is 47.6 Å². The summed E-state index contributed by atoms with van der Waals surface area (Å²) >= 11 is 1.97. The van der Waals surface area contributed by atoms with Crippen LogP contribution in [0.1, 0.15) is 24.5 Å². The van der Waals surface area contributed by atoms with E-state index in [-0.39, 0.29) is 30.9 Å². The van der Waals surface area contributed by atoms with Crippen LogP contribution in [0.2, 0.25) is 0 Å². The lowest BCUT2D eigenvalue weighted by Gasteiger charge is -2.42. The molecule has 2 fully saturated rings. The summed E-state index contributed by atoms with van der Waals surface area (Å²) < 4.78 is 21.6. The number of carbonyl (C=O) groups is 3. The Kier molecular flexibility index (Phi) is 6.71. The second kappa shape index (κ2) is 9.24. The van der Waals surface area contributed by atoms with Gasteiger partial charge < -0.3 is 29.0 Å². The van der Waals surface area contributed by atoms with Gasteiger partial charge in [-0.15, -0.1) is 0 Å². The molecule has 0 spiro atoms. The third-order valence-corrected chi connectivity index (χ3v) is 7.35. The molecule has 0 radical (unpaired) electrons. The maximum Gasteiger partial charge on any atom is 0.487 e. The number of imide groups is 3. The van der Waals surface area contributed by atoms with Crippen molar-refractivity contribution in [2.45, 2.75) is 18.9 Å². The van der Waals surface area contributed by atoms with E-state index >= 15 is 0 Å². The first-order valence-corrected chi connectivity index (χ1v) is 11.4. The molecule has 176 valence electrons. The lowest BCUT2D eigenvalue weighted by molar-refractivity contribution is -0.137. The Labute approximate surface area is 204 Å². The number of nitrogens with zero attached hydrogens (tertiary/aromatic N) is 1. The van der Waals surface area contributed by atoms with Crippen LogP contribution in [-0.4, -0.2) is 68.0 Å². The summed E-state index contributed by atoms with van der Waals surface area (Å²) in [5, 5.41) is 21.1.